The Morgan fingerprint density at radius 1 is 1.14 bits per heavy atom. The number of aromatic nitrogens is 6. The molecule has 1 unspecified atom stereocenters. The lowest BCUT2D eigenvalue weighted by atomic mass is 9.99. The summed E-state index contributed by atoms with van der Waals surface area (Å²) in [5.74, 6) is 0.796. The van der Waals surface area contributed by atoms with Crippen LogP contribution in [-0.4, -0.2) is 58.9 Å². The van der Waals surface area contributed by atoms with Gasteiger partial charge in [-0.2, -0.15) is 15.5 Å². The van der Waals surface area contributed by atoms with Crippen molar-refractivity contribution in [2.45, 2.75) is 65.1 Å². The molecule has 5 heterocycles. The topological polar surface area (TPSA) is 99.8 Å². The van der Waals surface area contributed by atoms with Crippen LogP contribution in [0.15, 0.2) is 35.3 Å². The Balaban J connectivity index is 1.50. The maximum Gasteiger partial charge on any atom is 0.255 e. The summed E-state index contributed by atoms with van der Waals surface area (Å²) < 4.78 is 5.25. The predicted molar refractivity (Wildman–Crippen MR) is 138 cm³/mol. The summed E-state index contributed by atoms with van der Waals surface area (Å²) in [4.78, 5) is 22.7. The van der Waals surface area contributed by atoms with Crippen molar-refractivity contribution in [1.29, 1.82) is 5.26 Å². The van der Waals surface area contributed by atoms with Crippen LogP contribution in [0.4, 0.5) is 5.82 Å². The van der Waals surface area contributed by atoms with Gasteiger partial charge in [-0.25, -0.2) is 14.0 Å². The van der Waals surface area contributed by atoms with E-state index in [0.717, 1.165) is 48.8 Å². The van der Waals surface area contributed by atoms with Crippen molar-refractivity contribution in [3.63, 3.8) is 0 Å². The van der Waals surface area contributed by atoms with Gasteiger partial charge in [0.2, 0.25) is 0 Å². The fourth-order valence-electron chi connectivity index (χ4n) is 5.43. The molecule has 0 radical (unpaired) electrons. The molecular formula is C26H33N9O. The quantitative estimate of drug-likeness (QED) is 0.412. The molecule has 0 spiro atoms. The molecule has 0 N–H and O–H groups in total. The van der Waals surface area contributed by atoms with Crippen LogP contribution < -0.4 is 10.5 Å². The first-order valence-corrected chi connectivity index (χ1v) is 12.7. The van der Waals surface area contributed by atoms with Crippen LogP contribution >= 0.6 is 0 Å². The highest BCUT2D eigenvalue weighted by molar-refractivity contribution is 5.52. The van der Waals surface area contributed by atoms with E-state index in [4.69, 9.17) is 10.1 Å². The van der Waals surface area contributed by atoms with E-state index in [2.05, 4.69) is 47.8 Å². The molecule has 10 nitrogen and oxygen atoms in total. The first kappa shape index (κ1) is 24.0. The Bertz CT molecular complexity index is 1510. The molecule has 4 aromatic heterocycles. The van der Waals surface area contributed by atoms with Crippen molar-refractivity contribution in [3.05, 3.63) is 57.9 Å². The van der Waals surface area contributed by atoms with Crippen molar-refractivity contribution in [2.24, 2.45) is 7.05 Å². The molecule has 1 saturated heterocycles. The fraction of sp³-hybridized carbons (Fsp3) is 0.500. The van der Waals surface area contributed by atoms with E-state index in [9.17, 15) is 10.1 Å². The van der Waals surface area contributed by atoms with Gasteiger partial charge in [0.1, 0.15) is 11.5 Å². The second-order valence-corrected chi connectivity index (χ2v) is 9.73. The number of aryl methyl sites for hydroxylation is 2. The third-order valence-electron chi connectivity index (χ3n) is 7.51. The van der Waals surface area contributed by atoms with Gasteiger partial charge in [-0.15, -0.1) is 0 Å². The third kappa shape index (κ3) is 4.03. The number of piperazine rings is 1. The van der Waals surface area contributed by atoms with Gasteiger partial charge in [-0.3, -0.25) is 14.3 Å². The number of nitrogens with zero attached hydrogens (tertiary/aromatic N) is 9. The standard InChI is InChI=1S/C26H33N9O/c1-6-20-16-33(25-14-26(36)31(5)24-13-19(8-10-27)30-35(24)25)21(7-2)15-32(20)18(4)22-9-11-34-23(28-22)12-17(3)29-34/h9,11-14,18,20-21H,6-8,15-16H2,1-5H3/t18?,20-,21+/m1/s1. The van der Waals surface area contributed by atoms with Crippen LogP contribution in [0.25, 0.3) is 11.3 Å². The number of rotatable bonds is 6. The molecule has 10 heteroatoms. The molecule has 0 amide bonds. The summed E-state index contributed by atoms with van der Waals surface area (Å²) in [6, 6.07) is 10.4. The van der Waals surface area contributed by atoms with E-state index < -0.39 is 0 Å². The third-order valence-corrected chi connectivity index (χ3v) is 7.51. The highest BCUT2D eigenvalue weighted by atomic mass is 16.1. The highest BCUT2D eigenvalue weighted by Gasteiger charge is 2.36. The zero-order valence-electron chi connectivity index (χ0n) is 21.6. The lowest BCUT2D eigenvalue weighted by molar-refractivity contribution is 0.0985. The molecule has 188 valence electrons. The van der Waals surface area contributed by atoms with Gasteiger partial charge < -0.3 is 4.90 Å². The molecule has 1 aliphatic rings. The average molecular weight is 488 g/mol. The van der Waals surface area contributed by atoms with Crippen LogP contribution in [0, 0.1) is 18.3 Å². The van der Waals surface area contributed by atoms with Gasteiger partial charge in [0.15, 0.2) is 5.65 Å². The monoisotopic (exact) mass is 487 g/mol. The molecular weight excluding hydrogens is 454 g/mol. The van der Waals surface area contributed by atoms with Gasteiger partial charge >= 0.3 is 0 Å². The Morgan fingerprint density at radius 2 is 1.92 bits per heavy atom. The van der Waals surface area contributed by atoms with E-state index in [-0.39, 0.29) is 30.1 Å². The average Bonchev–Trinajstić information content (AvgIpc) is 3.47. The number of nitriles is 1. The van der Waals surface area contributed by atoms with E-state index in [1.54, 1.807) is 17.7 Å². The Hall–Kier alpha value is -3.71. The minimum absolute atomic E-state index is 0.0757. The number of anilines is 1. The van der Waals surface area contributed by atoms with E-state index in [1.165, 1.54) is 0 Å². The zero-order valence-corrected chi connectivity index (χ0v) is 21.6. The molecule has 36 heavy (non-hydrogen) atoms. The van der Waals surface area contributed by atoms with Gasteiger partial charge in [-0.1, -0.05) is 13.8 Å². The molecule has 0 bridgehead atoms. The van der Waals surface area contributed by atoms with E-state index >= 15 is 0 Å². The SMILES string of the molecule is CC[C@H]1CN(C(C)c2ccn3nc(C)cc3n2)[C@H](CC)CN1c1cc(=O)n(C)c2cc(CC#N)nn12. The predicted octanol–water partition coefficient (Wildman–Crippen LogP) is 2.89. The molecule has 0 saturated carbocycles. The van der Waals surface area contributed by atoms with Gasteiger partial charge in [0, 0.05) is 62.7 Å². The fourth-order valence-corrected chi connectivity index (χ4v) is 5.43. The summed E-state index contributed by atoms with van der Waals surface area (Å²) >= 11 is 0. The number of hydrogen-bond donors (Lipinski definition) is 0. The van der Waals surface area contributed by atoms with Crippen LogP contribution in [0.2, 0.25) is 0 Å². The van der Waals surface area contributed by atoms with Crippen LogP contribution in [0.5, 0.6) is 0 Å². The maximum absolute atomic E-state index is 12.9. The maximum atomic E-state index is 12.9. The lowest BCUT2D eigenvalue weighted by Gasteiger charge is -2.49. The van der Waals surface area contributed by atoms with Gasteiger partial charge in [0.05, 0.1) is 29.6 Å². The Kier molecular flexibility index (Phi) is 6.26. The van der Waals surface area contributed by atoms with Crippen LogP contribution in [-0.2, 0) is 13.5 Å². The first-order chi connectivity index (χ1) is 17.3. The molecule has 4 aromatic rings. The van der Waals surface area contributed by atoms with Crippen molar-refractivity contribution >= 4 is 17.1 Å². The number of fused-ring (bicyclic) bond motifs is 2. The molecule has 1 fully saturated rings. The number of hydrogen-bond acceptors (Lipinski definition) is 7. The van der Waals surface area contributed by atoms with Crippen LogP contribution in [0.1, 0.15) is 56.7 Å². The summed E-state index contributed by atoms with van der Waals surface area (Å²) in [7, 11) is 1.75. The smallest absolute Gasteiger partial charge is 0.255 e. The van der Waals surface area contributed by atoms with Crippen molar-refractivity contribution in [3.8, 4) is 6.07 Å². The first-order valence-electron chi connectivity index (χ1n) is 12.7. The molecule has 3 atom stereocenters. The van der Waals surface area contributed by atoms with Crippen molar-refractivity contribution in [1.82, 2.24) is 33.7 Å². The normalized spacial score (nSPS) is 19.7. The Labute approximate surface area is 210 Å². The second-order valence-electron chi connectivity index (χ2n) is 9.73. The summed E-state index contributed by atoms with van der Waals surface area (Å²) in [5, 5.41) is 18.3. The van der Waals surface area contributed by atoms with Gasteiger partial charge in [-0.05, 0) is 32.8 Å². The summed E-state index contributed by atoms with van der Waals surface area (Å²) in [6.07, 6.45) is 4.10. The van der Waals surface area contributed by atoms with Crippen molar-refractivity contribution < 1.29 is 0 Å². The lowest BCUT2D eigenvalue weighted by Crippen LogP contribution is -2.59. The van der Waals surface area contributed by atoms with E-state index in [0.29, 0.717) is 11.3 Å². The van der Waals surface area contributed by atoms with Crippen molar-refractivity contribution in [2.75, 3.05) is 18.0 Å². The van der Waals surface area contributed by atoms with Gasteiger partial charge in [0.25, 0.3) is 5.56 Å². The van der Waals surface area contributed by atoms with Crippen LogP contribution in [0.3, 0.4) is 0 Å². The molecule has 0 aromatic carbocycles. The molecule has 0 aliphatic carbocycles. The van der Waals surface area contributed by atoms with E-state index in [1.807, 2.05) is 34.3 Å². The molecule has 5 rings (SSSR count). The largest absolute Gasteiger partial charge is 0.351 e. The minimum atomic E-state index is -0.0757. The second kappa shape index (κ2) is 9.39. The molecule has 1 aliphatic heterocycles. The minimum Gasteiger partial charge on any atom is -0.351 e. The summed E-state index contributed by atoms with van der Waals surface area (Å²) in [6.45, 7) is 10.2. The zero-order chi connectivity index (χ0) is 25.6. The highest BCUT2D eigenvalue weighted by Crippen LogP contribution is 2.31. The Morgan fingerprint density at radius 3 is 2.64 bits per heavy atom. The summed E-state index contributed by atoms with van der Waals surface area (Å²) in [5.41, 5.74) is 4.15.